The number of aliphatic hydroxyl groups excluding tert-OH is 3. The Morgan fingerprint density at radius 2 is 1.68 bits per heavy atom. The van der Waals surface area contributed by atoms with Crippen LogP contribution in [0, 0.1) is 17.8 Å². The molecule has 63 heavy (non-hydrogen) atoms. The summed E-state index contributed by atoms with van der Waals surface area (Å²) in [4.78, 5) is 18.3. The van der Waals surface area contributed by atoms with Gasteiger partial charge >= 0.3 is 5.97 Å². The van der Waals surface area contributed by atoms with Crippen molar-refractivity contribution >= 4 is 5.97 Å². The van der Waals surface area contributed by atoms with Gasteiger partial charge in [0.25, 0.3) is 0 Å². The number of carbonyl (C=O) groups is 1. The third-order valence-electron chi connectivity index (χ3n) is 14.4. The maximum atomic E-state index is 14.4. The SMILES string of the molecule is CCC(CF)n1cc(CCN(C)[C@H]2C[C@@H](C)O[C@@H](O[C@@H]3[C@@H](C)[C@H](O[C@H]4C[C@@](C)(OC)[C@@H](O)[C@H](C)O4)[C@@H](C)C(=O)O[C@H](CC)[C@@](C)(O)[C@H](O)[C@@H](C)N(C)C[C@H](C)C[C@@]3(C)O)[C@@H]2O)nn1. The molecule has 0 saturated carbocycles. The van der Waals surface area contributed by atoms with Crippen LogP contribution >= 0.6 is 0 Å². The van der Waals surface area contributed by atoms with Crippen molar-refractivity contribution in [2.75, 3.05) is 41.0 Å². The molecular weight excluding hydrogens is 822 g/mol. The van der Waals surface area contributed by atoms with Crippen LogP contribution in [0.3, 0.4) is 0 Å². The Balaban J connectivity index is 1.74. The number of aliphatic hydroxyl groups is 5. The molecule has 3 aliphatic rings. The number of halogens is 1. The Morgan fingerprint density at radius 1 is 1.02 bits per heavy atom. The normalized spacial score (nSPS) is 43.6. The quantitative estimate of drug-likeness (QED) is 0.180. The van der Waals surface area contributed by atoms with Gasteiger partial charge in [0.2, 0.25) is 0 Å². The van der Waals surface area contributed by atoms with Crippen LogP contribution in [-0.2, 0) is 39.6 Å². The van der Waals surface area contributed by atoms with E-state index in [9.17, 15) is 34.7 Å². The van der Waals surface area contributed by atoms with Crippen LogP contribution in [0.4, 0.5) is 4.39 Å². The summed E-state index contributed by atoms with van der Waals surface area (Å²) in [7, 11) is 5.23. The number of nitrogens with zero attached hydrogens (tertiary/aromatic N) is 5. The second kappa shape index (κ2) is 22.2. The molecule has 3 fully saturated rings. The van der Waals surface area contributed by atoms with E-state index in [1.165, 1.54) is 14.0 Å². The van der Waals surface area contributed by atoms with Crippen molar-refractivity contribution in [2.45, 2.75) is 211 Å². The molecular formula is C45H82FN5O12. The standard InChI is InChI=1S/C45H82FN5O12/c1-15-32(22-46)51-24-31(47-48-51)17-18-49(12)33-19-26(4)59-42(36(33)52)63-40-27(5)37(62-35-21-44(10,58-14)39(54)30(8)60-35)28(6)41(55)61-34(16-2)45(11,57)38(53)29(7)50(13)23-25(3)20-43(40,9)56/h24-30,32-40,42,52-54,56-57H,15-23H2,1-14H3/t25-,26-,27+,28-,29-,30+,32?,33+,34-,35+,36-,37+,38-,39+,40-,42+,43-,44-,45-/m1/s1. The Morgan fingerprint density at radius 3 is 2.29 bits per heavy atom. The number of carbonyl (C=O) groups excluding carboxylic acids is 1. The molecule has 3 aliphatic heterocycles. The minimum atomic E-state index is -1.83. The molecule has 4 rings (SSSR count). The predicted octanol–water partition coefficient (Wildman–Crippen LogP) is 3.03. The van der Waals surface area contributed by atoms with Crippen LogP contribution in [0.25, 0.3) is 0 Å². The van der Waals surface area contributed by atoms with Gasteiger partial charge in [-0.05, 0) is 94.2 Å². The van der Waals surface area contributed by atoms with Gasteiger partial charge in [0.05, 0.1) is 53.3 Å². The highest BCUT2D eigenvalue weighted by molar-refractivity contribution is 5.73. The number of hydrogen-bond acceptors (Lipinski definition) is 16. The van der Waals surface area contributed by atoms with Crippen LogP contribution in [0.1, 0.15) is 120 Å². The van der Waals surface area contributed by atoms with E-state index < -0.39 is 109 Å². The summed E-state index contributed by atoms with van der Waals surface area (Å²) in [5.41, 5.74) is -3.82. The minimum Gasteiger partial charge on any atom is -0.459 e. The third-order valence-corrected chi connectivity index (χ3v) is 14.4. The number of esters is 1. The molecule has 3 saturated heterocycles. The number of methoxy groups -OCH3 is 1. The highest BCUT2D eigenvalue weighted by Gasteiger charge is 2.53. The summed E-state index contributed by atoms with van der Waals surface area (Å²) in [6.45, 7) is 19.7. The minimum absolute atomic E-state index is 0.100. The molecule has 366 valence electrons. The van der Waals surface area contributed by atoms with Crippen molar-refractivity contribution in [3.8, 4) is 0 Å². The van der Waals surface area contributed by atoms with Crippen LogP contribution in [0.15, 0.2) is 6.20 Å². The molecule has 0 radical (unpaired) electrons. The number of cyclic esters (lactones) is 1. The Kier molecular flexibility index (Phi) is 18.9. The molecule has 1 aromatic rings. The number of likely N-dealkylation sites (N-methyl/N-ethyl adjacent to an activating group) is 2. The van der Waals surface area contributed by atoms with Gasteiger partial charge < -0.3 is 63.8 Å². The van der Waals surface area contributed by atoms with E-state index in [2.05, 4.69) is 10.3 Å². The second-order valence-electron chi connectivity index (χ2n) is 19.8. The zero-order chi connectivity index (χ0) is 47.4. The highest BCUT2D eigenvalue weighted by Crippen LogP contribution is 2.40. The summed E-state index contributed by atoms with van der Waals surface area (Å²) in [6, 6.07) is -1.38. The summed E-state index contributed by atoms with van der Waals surface area (Å²) in [5.74, 6) is -2.78. The van der Waals surface area contributed by atoms with Gasteiger partial charge in [-0.25, -0.2) is 9.07 Å². The van der Waals surface area contributed by atoms with Crippen molar-refractivity contribution < 1.29 is 63.1 Å². The maximum Gasteiger partial charge on any atom is 0.311 e. The molecule has 17 nitrogen and oxygen atoms in total. The maximum absolute atomic E-state index is 14.4. The van der Waals surface area contributed by atoms with E-state index in [4.69, 9.17) is 28.4 Å². The van der Waals surface area contributed by atoms with E-state index in [-0.39, 0.29) is 37.3 Å². The monoisotopic (exact) mass is 904 g/mol. The zero-order valence-electron chi connectivity index (χ0n) is 40.4. The summed E-state index contributed by atoms with van der Waals surface area (Å²) >= 11 is 0. The van der Waals surface area contributed by atoms with Gasteiger partial charge in [0, 0.05) is 57.2 Å². The highest BCUT2D eigenvalue weighted by atomic mass is 19.1. The van der Waals surface area contributed by atoms with E-state index in [0.29, 0.717) is 38.0 Å². The molecule has 1 unspecified atom stereocenters. The molecule has 1 aromatic heterocycles. The van der Waals surface area contributed by atoms with E-state index in [1.54, 1.807) is 59.3 Å². The first-order valence-corrected chi connectivity index (χ1v) is 23.1. The van der Waals surface area contributed by atoms with E-state index >= 15 is 0 Å². The molecule has 0 aromatic carbocycles. The number of alkyl halides is 1. The fourth-order valence-corrected chi connectivity index (χ4v) is 10.1. The molecule has 4 heterocycles. The summed E-state index contributed by atoms with van der Waals surface area (Å²) in [5, 5.41) is 67.7. The molecule has 0 aliphatic carbocycles. The first-order chi connectivity index (χ1) is 29.3. The van der Waals surface area contributed by atoms with Crippen molar-refractivity contribution in [3.63, 3.8) is 0 Å². The van der Waals surface area contributed by atoms with Gasteiger partial charge in [0.1, 0.15) is 36.7 Å². The van der Waals surface area contributed by atoms with Crippen molar-refractivity contribution in [3.05, 3.63) is 11.9 Å². The van der Waals surface area contributed by atoms with E-state index in [1.807, 2.05) is 44.7 Å². The fourth-order valence-electron chi connectivity index (χ4n) is 10.1. The topological polar surface area (TPSA) is 211 Å². The van der Waals surface area contributed by atoms with Crippen LogP contribution in [0.2, 0.25) is 0 Å². The van der Waals surface area contributed by atoms with Crippen LogP contribution < -0.4 is 0 Å². The van der Waals surface area contributed by atoms with Gasteiger partial charge in [-0.2, -0.15) is 0 Å². The largest absolute Gasteiger partial charge is 0.459 e. The average Bonchev–Trinajstić information content (AvgIpc) is 3.70. The molecule has 19 atom stereocenters. The molecule has 18 heteroatoms. The number of ether oxygens (including phenoxy) is 6. The lowest BCUT2D eigenvalue weighted by atomic mass is 9.77. The Hall–Kier alpha value is -1.94. The second-order valence-corrected chi connectivity index (χ2v) is 19.8. The zero-order valence-corrected chi connectivity index (χ0v) is 40.4. The van der Waals surface area contributed by atoms with Crippen molar-refractivity contribution in [1.29, 1.82) is 0 Å². The van der Waals surface area contributed by atoms with Crippen molar-refractivity contribution in [1.82, 2.24) is 24.8 Å². The summed E-state index contributed by atoms with van der Waals surface area (Å²) in [6.07, 6.45) is -6.22. The predicted molar refractivity (Wildman–Crippen MR) is 232 cm³/mol. The summed E-state index contributed by atoms with van der Waals surface area (Å²) < 4.78 is 53.2. The fraction of sp³-hybridized carbons (Fsp3) is 0.933. The molecule has 0 spiro atoms. The van der Waals surface area contributed by atoms with Gasteiger partial charge in [0.15, 0.2) is 12.6 Å². The number of aromatic nitrogens is 3. The van der Waals surface area contributed by atoms with Gasteiger partial charge in [-0.3, -0.25) is 4.79 Å². The molecule has 5 N–H and O–H groups in total. The third kappa shape index (κ3) is 12.5. The molecule has 0 bridgehead atoms. The Bertz CT molecular complexity index is 1570. The first kappa shape index (κ1) is 53.7. The van der Waals surface area contributed by atoms with Crippen molar-refractivity contribution in [2.24, 2.45) is 17.8 Å². The van der Waals surface area contributed by atoms with Crippen LogP contribution in [0.5, 0.6) is 0 Å². The lowest BCUT2D eigenvalue weighted by Crippen LogP contribution is -2.61. The van der Waals surface area contributed by atoms with Crippen LogP contribution in [-0.4, -0.2) is 188 Å². The lowest BCUT2D eigenvalue weighted by molar-refractivity contribution is -0.318. The average molecular weight is 904 g/mol. The lowest BCUT2D eigenvalue weighted by Gasteiger charge is -2.49. The first-order valence-electron chi connectivity index (χ1n) is 23.1. The van der Waals surface area contributed by atoms with E-state index in [0.717, 1.165) is 0 Å². The molecule has 0 amide bonds. The number of rotatable bonds is 13. The van der Waals surface area contributed by atoms with Gasteiger partial charge in [-0.15, -0.1) is 5.10 Å². The number of hydrogen-bond donors (Lipinski definition) is 5. The Labute approximate surface area is 374 Å². The van der Waals surface area contributed by atoms with Gasteiger partial charge in [-0.1, -0.05) is 32.9 Å². The smallest absolute Gasteiger partial charge is 0.311 e.